The highest BCUT2D eigenvalue weighted by molar-refractivity contribution is 5.87. The van der Waals surface area contributed by atoms with Crippen LogP contribution in [0.15, 0.2) is 248 Å². The largest absolute Gasteiger partial charge is 0.310 e. The van der Waals surface area contributed by atoms with Gasteiger partial charge in [-0.25, -0.2) is 0 Å². The van der Waals surface area contributed by atoms with Crippen molar-refractivity contribution in [1.29, 1.82) is 0 Å². The van der Waals surface area contributed by atoms with Crippen molar-refractivity contribution in [3.05, 3.63) is 276 Å². The third kappa shape index (κ3) is 9.27. The Hall–Kier alpha value is -8.40. The molecule has 0 spiro atoms. The van der Waals surface area contributed by atoms with E-state index in [1.807, 2.05) is 0 Å². The zero-order valence-corrected chi connectivity index (χ0v) is 41.1. The molecule has 0 saturated carbocycles. The molecular formula is C67H59N3. The molecule has 342 valence electrons. The molecule has 3 heteroatoms. The second kappa shape index (κ2) is 20.1. The number of aryl methyl sites for hydroxylation is 5. The molecule has 0 bridgehead atoms. The number of rotatable bonds is 12. The minimum atomic E-state index is 0.922. The van der Waals surface area contributed by atoms with Crippen LogP contribution in [-0.4, -0.2) is 0 Å². The second-order valence-corrected chi connectivity index (χ2v) is 18.5. The van der Waals surface area contributed by atoms with Gasteiger partial charge in [-0.15, -0.1) is 0 Å². The number of hydrogen-bond acceptors (Lipinski definition) is 3. The fourth-order valence-corrected chi connectivity index (χ4v) is 9.80. The van der Waals surface area contributed by atoms with Gasteiger partial charge in [0.15, 0.2) is 0 Å². The van der Waals surface area contributed by atoms with Crippen molar-refractivity contribution < 1.29 is 0 Å². The van der Waals surface area contributed by atoms with Crippen molar-refractivity contribution >= 4 is 45.5 Å². The summed E-state index contributed by atoms with van der Waals surface area (Å²) in [5.41, 5.74) is 24.7. The summed E-state index contributed by atoms with van der Waals surface area (Å²) in [6.45, 7) is 13.2. The molecule has 0 aromatic heterocycles. The summed E-state index contributed by atoms with van der Waals surface area (Å²) in [7, 11) is 0. The van der Waals surface area contributed by atoms with Gasteiger partial charge < -0.3 is 14.7 Å². The molecule has 0 unspecified atom stereocenters. The summed E-state index contributed by atoms with van der Waals surface area (Å²) in [6, 6.07) is 77.6. The molecule has 70 heavy (non-hydrogen) atoms. The van der Waals surface area contributed by atoms with Crippen LogP contribution < -0.4 is 14.7 Å². The third-order valence-electron chi connectivity index (χ3n) is 13.7. The van der Waals surface area contributed by atoms with Crippen molar-refractivity contribution in [3.63, 3.8) is 0 Å². The second-order valence-electron chi connectivity index (χ2n) is 18.5. The van der Waals surface area contributed by atoms with Crippen molar-refractivity contribution in [2.45, 2.75) is 48.0 Å². The smallest absolute Gasteiger partial charge is 0.0490 e. The predicted octanol–water partition coefficient (Wildman–Crippen LogP) is 19.1. The van der Waals surface area contributed by atoms with Crippen molar-refractivity contribution in [3.8, 4) is 33.4 Å². The van der Waals surface area contributed by atoms with E-state index in [4.69, 9.17) is 0 Å². The maximum Gasteiger partial charge on any atom is 0.0490 e. The Morgan fingerprint density at radius 2 is 0.586 bits per heavy atom. The van der Waals surface area contributed by atoms with Crippen molar-refractivity contribution in [2.24, 2.45) is 0 Å². The number of benzene rings is 9. The Balaban J connectivity index is 1.08. The molecule has 0 fully saturated rings. The highest BCUT2D eigenvalue weighted by Crippen LogP contribution is 2.43. The van der Waals surface area contributed by atoms with Gasteiger partial charge in [0, 0.05) is 51.2 Å². The Kier molecular flexibility index (Phi) is 13.0. The van der Waals surface area contributed by atoms with Gasteiger partial charge in [-0.2, -0.15) is 0 Å². The summed E-state index contributed by atoms with van der Waals surface area (Å²) in [4.78, 5) is 7.17. The number of hydrogen-bond donors (Lipinski definition) is 0. The normalized spacial score (nSPS) is 12.2. The summed E-state index contributed by atoms with van der Waals surface area (Å²) in [6.07, 6.45) is 9.88. The van der Waals surface area contributed by atoms with Gasteiger partial charge in [-0.1, -0.05) is 146 Å². The van der Waals surface area contributed by atoms with Crippen LogP contribution >= 0.6 is 0 Å². The molecule has 9 aromatic rings. The number of allylic oxidation sites excluding steroid dienone is 5. The lowest BCUT2D eigenvalue weighted by Crippen LogP contribution is -2.18. The number of para-hydroxylation sites is 5. The zero-order chi connectivity index (χ0) is 48.1. The van der Waals surface area contributed by atoms with Gasteiger partial charge >= 0.3 is 0 Å². The first-order valence-corrected chi connectivity index (χ1v) is 24.4. The Labute approximate surface area is 415 Å². The summed E-state index contributed by atoms with van der Waals surface area (Å²) in [5, 5.41) is 0. The van der Waals surface area contributed by atoms with Crippen LogP contribution in [0.1, 0.15) is 41.2 Å². The molecule has 0 N–H and O–H groups in total. The molecule has 1 aliphatic rings. The van der Waals surface area contributed by atoms with Gasteiger partial charge in [-0.3, -0.25) is 0 Å². The van der Waals surface area contributed by atoms with Gasteiger partial charge in [0.05, 0.1) is 0 Å². The molecule has 3 nitrogen and oxygen atoms in total. The Morgan fingerprint density at radius 3 is 0.900 bits per heavy atom. The van der Waals surface area contributed by atoms with Crippen molar-refractivity contribution in [1.82, 2.24) is 0 Å². The SMILES string of the molecule is CC1=CCC=CC=C1N(c1ccc(-c2cc(-c3ccc(N(c4ccccc4C)c4ccccc4C)cc3)cc(-c3ccc(N(c4ccccc4C)c4ccccc4C)cc3)c2)cc1)c1ccccc1C. The fraction of sp³-hybridized carbons (Fsp3) is 0.104. The van der Waals surface area contributed by atoms with Gasteiger partial charge in [0.25, 0.3) is 0 Å². The van der Waals surface area contributed by atoms with E-state index in [1.165, 1.54) is 67.5 Å². The molecular weight excluding hydrogens is 847 g/mol. The van der Waals surface area contributed by atoms with Crippen LogP contribution in [0, 0.1) is 34.6 Å². The lowest BCUT2D eigenvalue weighted by Gasteiger charge is -2.30. The van der Waals surface area contributed by atoms with Crippen LogP contribution in [0.2, 0.25) is 0 Å². The first-order chi connectivity index (χ1) is 34.2. The van der Waals surface area contributed by atoms with E-state index in [1.54, 1.807) is 0 Å². The van der Waals surface area contributed by atoms with E-state index in [0.29, 0.717) is 0 Å². The summed E-state index contributed by atoms with van der Waals surface area (Å²) < 4.78 is 0. The van der Waals surface area contributed by atoms with Crippen LogP contribution in [0.25, 0.3) is 33.4 Å². The predicted molar refractivity (Wildman–Crippen MR) is 300 cm³/mol. The van der Waals surface area contributed by atoms with E-state index < -0.39 is 0 Å². The highest BCUT2D eigenvalue weighted by atomic mass is 15.2. The van der Waals surface area contributed by atoms with E-state index in [2.05, 4.69) is 293 Å². The molecule has 0 amide bonds. The lowest BCUT2D eigenvalue weighted by molar-refractivity contribution is 1.14. The maximum atomic E-state index is 2.40. The standard InChI is InChI=1S/C67H59N3/c1-47-20-8-7-9-26-62(47)68(63-27-15-10-21-48(63)2)59-38-32-53(33-39-59)56-44-57(54-34-40-60(41-35-54)69(64-28-16-11-22-49(64)3)65-29-17-12-23-50(65)4)46-58(45-56)55-36-42-61(43-37-55)70(66-30-18-13-24-51(66)5)67-31-19-14-25-52(67)6/h7,9-46H,8H2,1-6H3. The van der Waals surface area contributed by atoms with Crippen molar-refractivity contribution in [2.75, 3.05) is 14.7 Å². The van der Waals surface area contributed by atoms with Gasteiger partial charge in [0.2, 0.25) is 0 Å². The topological polar surface area (TPSA) is 9.72 Å². The van der Waals surface area contributed by atoms with E-state index in [9.17, 15) is 0 Å². The van der Waals surface area contributed by atoms with E-state index in [0.717, 1.165) is 56.9 Å². The fourth-order valence-electron chi connectivity index (χ4n) is 9.80. The minimum Gasteiger partial charge on any atom is -0.310 e. The van der Waals surface area contributed by atoms with E-state index >= 15 is 0 Å². The molecule has 0 saturated heterocycles. The first kappa shape index (κ1) is 45.4. The Morgan fingerprint density at radius 1 is 0.300 bits per heavy atom. The molecule has 1 aliphatic carbocycles. The average Bonchev–Trinajstić information content (AvgIpc) is 3.61. The van der Waals surface area contributed by atoms with Gasteiger partial charge in [-0.05, 0) is 206 Å². The van der Waals surface area contributed by atoms with Crippen LogP contribution in [-0.2, 0) is 0 Å². The van der Waals surface area contributed by atoms with Gasteiger partial charge in [0.1, 0.15) is 0 Å². The molecule has 10 rings (SSSR count). The third-order valence-corrected chi connectivity index (χ3v) is 13.7. The number of nitrogens with zero attached hydrogens (tertiary/aromatic N) is 3. The molecule has 0 heterocycles. The van der Waals surface area contributed by atoms with Crippen LogP contribution in [0.5, 0.6) is 0 Å². The first-order valence-electron chi connectivity index (χ1n) is 24.4. The molecule has 0 atom stereocenters. The molecule has 0 aliphatic heterocycles. The zero-order valence-electron chi connectivity index (χ0n) is 41.1. The summed E-state index contributed by atoms with van der Waals surface area (Å²) >= 11 is 0. The Bertz CT molecular complexity index is 3160. The quantitative estimate of drug-likeness (QED) is 0.121. The van der Waals surface area contributed by atoms with E-state index in [-0.39, 0.29) is 0 Å². The summed E-state index contributed by atoms with van der Waals surface area (Å²) in [5.74, 6) is 0. The minimum absolute atomic E-state index is 0.922. The number of anilines is 8. The van der Waals surface area contributed by atoms with Crippen LogP contribution in [0.4, 0.5) is 45.5 Å². The molecule has 9 aromatic carbocycles. The lowest BCUT2D eigenvalue weighted by atomic mass is 9.93. The maximum absolute atomic E-state index is 2.40. The van der Waals surface area contributed by atoms with Crippen LogP contribution in [0.3, 0.4) is 0 Å². The monoisotopic (exact) mass is 905 g/mol. The molecule has 0 radical (unpaired) electrons. The average molecular weight is 906 g/mol. The highest BCUT2D eigenvalue weighted by Gasteiger charge is 2.21.